The van der Waals surface area contributed by atoms with Gasteiger partial charge in [0.15, 0.2) is 11.5 Å². The molecule has 30 heavy (non-hydrogen) atoms. The van der Waals surface area contributed by atoms with Gasteiger partial charge in [0.1, 0.15) is 6.61 Å². The maximum Gasteiger partial charge on any atom is 0.180 e. The summed E-state index contributed by atoms with van der Waals surface area (Å²) in [4.78, 5) is 2.41. The number of ether oxygens (including phenoxy) is 3. The largest absolute Gasteiger partial charge is 0.490 e. The highest BCUT2D eigenvalue weighted by molar-refractivity contribution is 6.32. The molecule has 168 valence electrons. The zero-order chi connectivity index (χ0) is 19.6. The number of hydrogen-bond donors (Lipinski definition) is 1. The molecule has 0 bridgehead atoms. The molecule has 3 rings (SSSR count). The molecule has 1 saturated heterocycles. The van der Waals surface area contributed by atoms with Crippen molar-refractivity contribution in [2.45, 2.75) is 20.1 Å². The molecule has 1 aliphatic heterocycles. The predicted octanol–water partition coefficient (Wildman–Crippen LogP) is 4.58. The molecule has 5 nitrogen and oxygen atoms in total. The Morgan fingerprint density at radius 1 is 1.03 bits per heavy atom. The highest BCUT2D eigenvalue weighted by Gasteiger charge is 2.13. The summed E-state index contributed by atoms with van der Waals surface area (Å²) in [6, 6.07) is 14.0. The van der Waals surface area contributed by atoms with E-state index >= 15 is 0 Å². The molecule has 0 unspecified atom stereocenters. The molecule has 1 aliphatic rings. The number of hydrogen-bond acceptors (Lipinski definition) is 5. The van der Waals surface area contributed by atoms with E-state index in [9.17, 15) is 0 Å². The van der Waals surface area contributed by atoms with Crippen LogP contribution in [0.5, 0.6) is 11.5 Å². The van der Waals surface area contributed by atoms with Gasteiger partial charge < -0.3 is 19.5 Å². The molecule has 8 heteroatoms. The second-order valence-corrected chi connectivity index (χ2v) is 7.15. The number of halogens is 3. The molecule has 2 aromatic carbocycles. The fraction of sp³-hybridized carbons (Fsp3) is 0.455. The van der Waals surface area contributed by atoms with Gasteiger partial charge in [0.2, 0.25) is 0 Å². The highest BCUT2D eigenvalue weighted by Crippen LogP contribution is 2.37. The summed E-state index contributed by atoms with van der Waals surface area (Å²) in [6.45, 7) is 9.34. The Morgan fingerprint density at radius 3 is 2.47 bits per heavy atom. The molecule has 0 spiro atoms. The highest BCUT2D eigenvalue weighted by atomic mass is 35.5. The minimum absolute atomic E-state index is 0. The Labute approximate surface area is 196 Å². The Hall–Kier alpha value is -1.21. The van der Waals surface area contributed by atoms with Gasteiger partial charge in [-0.25, -0.2) is 0 Å². The molecule has 0 atom stereocenters. The molecule has 2 aromatic rings. The van der Waals surface area contributed by atoms with Crippen LogP contribution in [0.4, 0.5) is 0 Å². The van der Waals surface area contributed by atoms with Gasteiger partial charge in [0.25, 0.3) is 0 Å². The van der Waals surface area contributed by atoms with Gasteiger partial charge in [-0.05, 0) is 30.2 Å². The van der Waals surface area contributed by atoms with E-state index in [0.717, 1.165) is 57.1 Å². The first-order valence-corrected chi connectivity index (χ1v) is 10.3. The van der Waals surface area contributed by atoms with Crippen LogP contribution in [-0.4, -0.2) is 50.9 Å². The first-order chi connectivity index (χ1) is 13.8. The molecule has 1 fully saturated rings. The quantitative estimate of drug-likeness (QED) is 0.507. The lowest BCUT2D eigenvalue weighted by molar-refractivity contribution is 0.0384. The number of rotatable bonds is 10. The van der Waals surface area contributed by atoms with Crippen LogP contribution in [0.3, 0.4) is 0 Å². The summed E-state index contributed by atoms with van der Waals surface area (Å²) >= 11 is 6.52. The molecular weight excluding hydrogens is 447 g/mol. The third-order valence-electron chi connectivity index (χ3n) is 4.63. The monoisotopic (exact) mass is 476 g/mol. The molecule has 1 heterocycles. The first kappa shape index (κ1) is 26.8. The van der Waals surface area contributed by atoms with Crippen molar-refractivity contribution in [3.05, 3.63) is 58.6 Å². The maximum atomic E-state index is 6.52. The topological polar surface area (TPSA) is 43.0 Å². The van der Waals surface area contributed by atoms with Gasteiger partial charge in [-0.15, -0.1) is 24.8 Å². The van der Waals surface area contributed by atoms with Crippen molar-refractivity contribution in [2.75, 3.05) is 46.0 Å². The lowest BCUT2D eigenvalue weighted by Gasteiger charge is -2.26. The lowest BCUT2D eigenvalue weighted by atomic mass is 10.2. The van der Waals surface area contributed by atoms with E-state index in [-0.39, 0.29) is 24.8 Å². The molecule has 0 radical (unpaired) electrons. The summed E-state index contributed by atoms with van der Waals surface area (Å²) in [5.74, 6) is 1.29. The van der Waals surface area contributed by atoms with Crippen LogP contribution in [0.15, 0.2) is 42.5 Å². The van der Waals surface area contributed by atoms with Crippen LogP contribution < -0.4 is 14.8 Å². The van der Waals surface area contributed by atoms with E-state index in [1.807, 2.05) is 49.4 Å². The van der Waals surface area contributed by atoms with Crippen LogP contribution >= 0.6 is 36.4 Å². The summed E-state index contributed by atoms with van der Waals surface area (Å²) in [6.07, 6.45) is 0. The Kier molecular flexibility index (Phi) is 13.2. The van der Waals surface area contributed by atoms with Gasteiger partial charge in [-0.3, -0.25) is 4.90 Å². The predicted molar refractivity (Wildman–Crippen MR) is 127 cm³/mol. The summed E-state index contributed by atoms with van der Waals surface area (Å²) < 4.78 is 17.1. The Balaban J connectivity index is 0.00000225. The van der Waals surface area contributed by atoms with E-state index in [1.54, 1.807) is 0 Å². The Bertz CT molecular complexity index is 729. The van der Waals surface area contributed by atoms with Crippen molar-refractivity contribution >= 4 is 36.4 Å². The zero-order valence-corrected chi connectivity index (χ0v) is 19.7. The lowest BCUT2D eigenvalue weighted by Crippen LogP contribution is -2.40. The van der Waals surface area contributed by atoms with Crippen LogP contribution in [0, 0.1) is 0 Å². The van der Waals surface area contributed by atoms with Gasteiger partial charge in [0.05, 0.1) is 24.8 Å². The van der Waals surface area contributed by atoms with Crippen molar-refractivity contribution in [1.82, 2.24) is 10.2 Å². The molecule has 0 saturated carbocycles. The smallest absolute Gasteiger partial charge is 0.180 e. The molecule has 1 N–H and O–H groups in total. The standard InChI is InChI=1S/C22H29ClN2O3.2ClH/c1-2-27-21-15-19(16-24-8-9-25-10-12-26-13-11-25)14-20(23)22(21)28-17-18-6-4-3-5-7-18;;/h3-7,14-15,24H,2,8-13,16-17H2,1H3;2*1H. The van der Waals surface area contributed by atoms with Crippen molar-refractivity contribution in [3.63, 3.8) is 0 Å². The normalized spacial score (nSPS) is 13.8. The SMILES string of the molecule is CCOc1cc(CNCCN2CCOCC2)cc(Cl)c1OCc1ccccc1.Cl.Cl. The van der Waals surface area contributed by atoms with E-state index < -0.39 is 0 Å². The third-order valence-corrected chi connectivity index (χ3v) is 4.91. The molecule has 0 aromatic heterocycles. The molecule has 0 amide bonds. The fourth-order valence-electron chi connectivity index (χ4n) is 3.15. The van der Waals surface area contributed by atoms with Crippen LogP contribution in [-0.2, 0) is 17.9 Å². The minimum Gasteiger partial charge on any atom is -0.490 e. The summed E-state index contributed by atoms with van der Waals surface area (Å²) in [7, 11) is 0. The number of nitrogens with one attached hydrogen (secondary N) is 1. The van der Waals surface area contributed by atoms with Crippen LogP contribution in [0.2, 0.25) is 5.02 Å². The van der Waals surface area contributed by atoms with Crippen LogP contribution in [0.25, 0.3) is 0 Å². The van der Waals surface area contributed by atoms with Gasteiger partial charge in [-0.1, -0.05) is 41.9 Å². The molecular formula is C22H31Cl3N2O3. The Morgan fingerprint density at radius 2 is 1.77 bits per heavy atom. The van der Waals surface area contributed by atoms with E-state index in [0.29, 0.717) is 29.7 Å². The third kappa shape index (κ3) is 8.50. The number of benzene rings is 2. The second kappa shape index (κ2) is 14.7. The summed E-state index contributed by atoms with van der Waals surface area (Å²) in [5.41, 5.74) is 2.18. The maximum absolute atomic E-state index is 6.52. The van der Waals surface area contributed by atoms with Crippen LogP contribution in [0.1, 0.15) is 18.1 Å². The van der Waals surface area contributed by atoms with E-state index in [4.69, 9.17) is 25.8 Å². The van der Waals surface area contributed by atoms with Crippen molar-refractivity contribution in [3.8, 4) is 11.5 Å². The van der Waals surface area contributed by atoms with Crippen molar-refractivity contribution in [1.29, 1.82) is 0 Å². The zero-order valence-electron chi connectivity index (χ0n) is 17.3. The number of morpholine rings is 1. The minimum atomic E-state index is 0. The van der Waals surface area contributed by atoms with Crippen molar-refractivity contribution < 1.29 is 14.2 Å². The first-order valence-electron chi connectivity index (χ1n) is 9.89. The average molecular weight is 478 g/mol. The summed E-state index contributed by atoms with van der Waals surface area (Å²) in [5, 5.41) is 4.06. The average Bonchev–Trinajstić information content (AvgIpc) is 2.72. The second-order valence-electron chi connectivity index (χ2n) is 6.74. The van der Waals surface area contributed by atoms with Gasteiger partial charge in [-0.2, -0.15) is 0 Å². The van der Waals surface area contributed by atoms with Gasteiger partial charge in [0, 0.05) is 32.7 Å². The number of nitrogens with zero attached hydrogens (tertiary/aromatic N) is 1. The molecule has 0 aliphatic carbocycles. The van der Waals surface area contributed by atoms with E-state index in [2.05, 4.69) is 10.2 Å². The fourth-order valence-corrected chi connectivity index (χ4v) is 3.44. The van der Waals surface area contributed by atoms with E-state index in [1.165, 1.54) is 0 Å². The van der Waals surface area contributed by atoms with Gasteiger partial charge >= 0.3 is 0 Å². The van der Waals surface area contributed by atoms with Crippen molar-refractivity contribution in [2.24, 2.45) is 0 Å².